The number of ether oxygens (including phenoxy) is 3. The van der Waals surface area contributed by atoms with Crippen LogP contribution in [-0.2, 0) is 0 Å². The smallest absolute Gasteiger partial charge is 0.322 e. The van der Waals surface area contributed by atoms with Gasteiger partial charge in [-0.2, -0.15) is 5.26 Å². The van der Waals surface area contributed by atoms with Crippen molar-refractivity contribution in [3.8, 4) is 23.3 Å². The number of anilines is 2. The Morgan fingerprint density at radius 3 is 2.17 bits per heavy atom. The molecule has 1 fully saturated rings. The number of nitriles is 1. The maximum Gasteiger partial charge on any atom is 0.322 e. The summed E-state index contributed by atoms with van der Waals surface area (Å²) in [5, 5.41) is 12.0. The SMILES string of the molecule is COc1cc(N2CCN(C(=O)Nc3ccccc3C#N)CC2)cc(OC)c1OC. The van der Waals surface area contributed by atoms with Crippen molar-refractivity contribution >= 4 is 17.4 Å². The lowest BCUT2D eigenvalue weighted by molar-refractivity contribution is 0.208. The number of amides is 2. The summed E-state index contributed by atoms with van der Waals surface area (Å²) in [4.78, 5) is 16.5. The van der Waals surface area contributed by atoms with Gasteiger partial charge in [-0.05, 0) is 12.1 Å². The number of piperazine rings is 1. The van der Waals surface area contributed by atoms with Crippen molar-refractivity contribution in [2.75, 3.05) is 57.7 Å². The third-order valence-corrected chi connectivity index (χ3v) is 4.87. The van der Waals surface area contributed by atoms with Crippen molar-refractivity contribution in [1.82, 2.24) is 4.90 Å². The standard InChI is InChI=1S/C21H24N4O4/c1-27-18-12-16(13-19(28-2)20(18)29-3)24-8-10-25(11-9-24)21(26)23-17-7-5-4-6-15(17)14-22/h4-7,12-13H,8-11H2,1-3H3,(H,23,26). The lowest BCUT2D eigenvalue weighted by Crippen LogP contribution is -2.50. The maximum absolute atomic E-state index is 12.6. The number of nitrogens with one attached hydrogen (secondary N) is 1. The molecule has 1 aliphatic heterocycles. The number of urea groups is 1. The first-order valence-corrected chi connectivity index (χ1v) is 9.21. The van der Waals surface area contributed by atoms with Crippen molar-refractivity contribution in [3.63, 3.8) is 0 Å². The van der Waals surface area contributed by atoms with Gasteiger partial charge in [-0.25, -0.2) is 4.79 Å². The predicted molar refractivity (Wildman–Crippen MR) is 110 cm³/mol. The molecule has 1 aliphatic rings. The molecule has 1 heterocycles. The average Bonchev–Trinajstić information content (AvgIpc) is 2.78. The molecule has 0 unspecified atom stereocenters. The van der Waals surface area contributed by atoms with Gasteiger partial charge in [0, 0.05) is 44.0 Å². The molecule has 0 aromatic heterocycles. The van der Waals surface area contributed by atoms with Crippen molar-refractivity contribution in [3.05, 3.63) is 42.0 Å². The van der Waals surface area contributed by atoms with E-state index in [4.69, 9.17) is 14.2 Å². The van der Waals surface area contributed by atoms with Crippen LogP contribution in [-0.4, -0.2) is 58.4 Å². The lowest BCUT2D eigenvalue weighted by Gasteiger charge is -2.36. The quantitative estimate of drug-likeness (QED) is 0.836. The molecule has 1 N–H and O–H groups in total. The Morgan fingerprint density at radius 1 is 1.00 bits per heavy atom. The molecule has 2 aromatic rings. The van der Waals surface area contributed by atoms with Gasteiger partial charge in [0.2, 0.25) is 5.75 Å². The average molecular weight is 396 g/mol. The van der Waals surface area contributed by atoms with E-state index in [0.29, 0.717) is 54.7 Å². The summed E-state index contributed by atoms with van der Waals surface area (Å²) < 4.78 is 16.2. The normalized spacial score (nSPS) is 13.4. The number of para-hydroxylation sites is 1. The molecule has 0 radical (unpaired) electrons. The van der Waals surface area contributed by atoms with Crippen LogP contribution in [0.25, 0.3) is 0 Å². The molecule has 0 spiro atoms. The first-order chi connectivity index (χ1) is 14.1. The second-order valence-electron chi connectivity index (χ2n) is 6.45. The van der Waals surface area contributed by atoms with Crippen LogP contribution < -0.4 is 24.4 Å². The first kappa shape index (κ1) is 20.1. The molecule has 0 saturated carbocycles. The summed E-state index contributed by atoms with van der Waals surface area (Å²) in [6.07, 6.45) is 0. The highest BCUT2D eigenvalue weighted by atomic mass is 16.5. The monoisotopic (exact) mass is 396 g/mol. The molecular formula is C21H24N4O4. The highest BCUT2D eigenvalue weighted by Gasteiger charge is 2.24. The Morgan fingerprint density at radius 2 is 1.62 bits per heavy atom. The number of carbonyl (C=O) groups is 1. The Kier molecular flexibility index (Phi) is 6.29. The number of nitrogens with zero attached hydrogens (tertiary/aromatic N) is 3. The van der Waals surface area contributed by atoms with E-state index < -0.39 is 0 Å². The third kappa shape index (κ3) is 4.29. The molecule has 2 amide bonds. The van der Waals surface area contributed by atoms with Crippen LogP contribution in [0.3, 0.4) is 0 Å². The fraction of sp³-hybridized carbons (Fsp3) is 0.333. The van der Waals surface area contributed by atoms with Gasteiger partial charge in [0.1, 0.15) is 6.07 Å². The van der Waals surface area contributed by atoms with Crippen molar-refractivity contribution in [2.24, 2.45) is 0 Å². The first-order valence-electron chi connectivity index (χ1n) is 9.21. The van der Waals surface area contributed by atoms with Crippen molar-refractivity contribution < 1.29 is 19.0 Å². The largest absolute Gasteiger partial charge is 0.493 e. The summed E-state index contributed by atoms with van der Waals surface area (Å²) in [5.41, 5.74) is 1.90. The van der Waals surface area contributed by atoms with E-state index >= 15 is 0 Å². The molecule has 0 aliphatic carbocycles. The van der Waals surface area contributed by atoms with E-state index in [1.807, 2.05) is 12.1 Å². The van der Waals surface area contributed by atoms with Crippen LogP contribution in [0.2, 0.25) is 0 Å². The fourth-order valence-electron chi connectivity index (χ4n) is 3.30. The maximum atomic E-state index is 12.6. The van der Waals surface area contributed by atoms with Gasteiger partial charge in [-0.15, -0.1) is 0 Å². The van der Waals surface area contributed by atoms with Gasteiger partial charge in [0.25, 0.3) is 0 Å². The van der Waals surface area contributed by atoms with Crippen LogP contribution >= 0.6 is 0 Å². The van der Waals surface area contributed by atoms with E-state index in [2.05, 4.69) is 16.3 Å². The molecule has 29 heavy (non-hydrogen) atoms. The highest BCUT2D eigenvalue weighted by molar-refractivity contribution is 5.91. The Hall–Kier alpha value is -3.60. The molecule has 0 bridgehead atoms. The van der Waals surface area contributed by atoms with E-state index in [1.54, 1.807) is 50.5 Å². The number of carbonyl (C=O) groups excluding carboxylic acids is 1. The molecule has 0 atom stereocenters. The summed E-state index contributed by atoms with van der Waals surface area (Å²) in [7, 11) is 4.74. The number of hydrogen-bond donors (Lipinski definition) is 1. The highest BCUT2D eigenvalue weighted by Crippen LogP contribution is 2.41. The van der Waals surface area contributed by atoms with Gasteiger partial charge in [0.05, 0.1) is 32.6 Å². The number of methoxy groups -OCH3 is 3. The van der Waals surface area contributed by atoms with Crippen LogP contribution in [0.5, 0.6) is 17.2 Å². The van der Waals surface area contributed by atoms with Crippen LogP contribution in [0.15, 0.2) is 36.4 Å². The second-order valence-corrected chi connectivity index (χ2v) is 6.45. The minimum atomic E-state index is -0.211. The van der Waals surface area contributed by atoms with Gasteiger partial charge in [-0.3, -0.25) is 0 Å². The van der Waals surface area contributed by atoms with Gasteiger partial charge < -0.3 is 29.3 Å². The summed E-state index contributed by atoms with van der Waals surface area (Å²) in [6.45, 7) is 2.42. The third-order valence-electron chi connectivity index (χ3n) is 4.87. The van der Waals surface area contributed by atoms with Crippen LogP contribution in [0.1, 0.15) is 5.56 Å². The zero-order valence-electron chi connectivity index (χ0n) is 16.8. The summed E-state index contributed by atoms with van der Waals surface area (Å²) in [6, 6.07) is 12.6. The van der Waals surface area contributed by atoms with E-state index in [0.717, 1.165) is 5.69 Å². The molecular weight excluding hydrogens is 372 g/mol. The topological polar surface area (TPSA) is 87.1 Å². The molecule has 2 aromatic carbocycles. The summed E-state index contributed by atoms with van der Waals surface area (Å²) in [5.74, 6) is 1.73. The van der Waals surface area contributed by atoms with Crippen LogP contribution in [0, 0.1) is 11.3 Å². The van der Waals surface area contributed by atoms with E-state index in [1.165, 1.54) is 0 Å². The zero-order valence-corrected chi connectivity index (χ0v) is 16.8. The molecule has 3 rings (SSSR count). The zero-order chi connectivity index (χ0) is 20.8. The van der Waals surface area contributed by atoms with Gasteiger partial charge in [-0.1, -0.05) is 12.1 Å². The minimum absolute atomic E-state index is 0.211. The Labute approximate surface area is 170 Å². The van der Waals surface area contributed by atoms with E-state index in [-0.39, 0.29) is 6.03 Å². The lowest BCUT2D eigenvalue weighted by atomic mass is 10.2. The molecule has 1 saturated heterocycles. The van der Waals surface area contributed by atoms with Crippen molar-refractivity contribution in [2.45, 2.75) is 0 Å². The van der Waals surface area contributed by atoms with Crippen LogP contribution in [0.4, 0.5) is 16.2 Å². The second kappa shape index (κ2) is 9.06. The minimum Gasteiger partial charge on any atom is -0.493 e. The molecule has 8 nitrogen and oxygen atoms in total. The van der Waals surface area contributed by atoms with Gasteiger partial charge >= 0.3 is 6.03 Å². The number of rotatable bonds is 5. The van der Waals surface area contributed by atoms with E-state index in [9.17, 15) is 10.1 Å². The summed E-state index contributed by atoms with van der Waals surface area (Å²) >= 11 is 0. The number of benzene rings is 2. The predicted octanol–water partition coefficient (Wildman–Crippen LogP) is 2.94. The Balaban J connectivity index is 1.67. The van der Waals surface area contributed by atoms with Crippen molar-refractivity contribution in [1.29, 1.82) is 5.26 Å². The number of hydrogen-bond acceptors (Lipinski definition) is 6. The molecule has 8 heteroatoms. The fourth-order valence-corrected chi connectivity index (χ4v) is 3.30. The van der Waals surface area contributed by atoms with Gasteiger partial charge in [0.15, 0.2) is 11.5 Å². The Bertz CT molecular complexity index is 892. The molecule has 152 valence electrons.